The van der Waals surface area contributed by atoms with Crippen LogP contribution in [0.2, 0.25) is 0 Å². The van der Waals surface area contributed by atoms with Crippen LogP contribution < -0.4 is 24.1 Å². The number of methoxy groups -OCH3 is 1. The van der Waals surface area contributed by atoms with Gasteiger partial charge in [0, 0.05) is 31.2 Å². The van der Waals surface area contributed by atoms with Crippen molar-refractivity contribution < 1.29 is 23.6 Å². The molecule has 0 spiro atoms. The Balaban J connectivity index is 1.57. The Bertz CT molecular complexity index is 903. The number of ether oxygens (including phenoxy) is 3. The Morgan fingerprint density at radius 2 is 1.50 bits per heavy atom. The molecule has 0 saturated heterocycles. The van der Waals surface area contributed by atoms with Crippen LogP contribution in [-0.4, -0.2) is 32.8 Å². The van der Waals surface area contributed by atoms with Crippen molar-refractivity contribution in [3.8, 4) is 17.2 Å². The molecule has 0 radical (unpaired) electrons. The van der Waals surface area contributed by atoms with Gasteiger partial charge in [-0.05, 0) is 25.5 Å². The number of benzene rings is 1. The van der Waals surface area contributed by atoms with Gasteiger partial charge >= 0.3 is 0 Å². The summed E-state index contributed by atoms with van der Waals surface area (Å²) in [5.74, 6) is 1.71. The van der Waals surface area contributed by atoms with E-state index in [4.69, 9.17) is 14.2 Å². The zero-order chi connectivity index (χ0) is 27.3. The van der Waals surface area contributed by atoms with Crippen molar-refractivity contribution in [1.29, 1.82) is 0 Å². The standard InChI is InChI=1S/C32H50N2O4/c1-4-6-7-8-9-10-11-12-13-14-15-18-25-37-29-20-21-30(31(26-29)36-3)38-27-32(35)33-23-22-28-19-16-17-24-34(28)5-2/h16-17,19-21,24,26H,4-15,18,22-23,25,27H2,1-3H3/p+1. The van der Waals surface area contributed by atoms with Crippen LogP contribution in [-0.2, 0) is 17.8 Å². The van der Waals surface area contributed by atoms with Crippen LogP contribution >= 0.6 is 0 Å². The van der Waals surface area contributed by atoms with E-state index >= 15 is 0 Å². The number of aromatic nitrogens is 1. The number of nitrogens with one attached hydrogen (secondary N) is 1. The summed E-state index contributed by atoms with van der Waals surface area (Å²) in [6.07, 6.45) is 18.8. The molecule has 2 aromatic rings. The first-order valence-corrected chi connectivity index (χ1v) is 14.9. The van der Waals surface area contributed by atoms with Crippen molar-refractivity contribution in [3.05, 3.63) is 48.3 Å². The van der Waals surface area contributed by atoms with E-state index in [9.17, 15) is 4.79 Å². The predicted octanol–water partition coefficient (Wildman–Crippen LogP) is 6.82. The Morgan fingerprint density at radius 3 is 2.16 bits per heavy atom. The van der Waals surface area contributed by atoms with E-state index < -0.39 is 0 Å². The minimum Gasteiger partial charge on any atom is -0.493 e. The van der Waals surface area contributed by atoms with Gasteiger partial charge in [0.15, 0.2) is 30.0 Å². The van der Waals surface area contributed by atoms with Gasteiger partial charge in [0.2, 0.25) is 0 Å². The topological polar surface area (TPSA) is 60.7 Å². The molecular formula is C32H51N2O4+. The van der Waals surface area contributed by atoms with E-state index in [2.05, 4.69) is 36.0 Å². The number of amides is 1. The molecule has 0 aliphatic rings. The van der Waals surface area contributed by atoms with Crippen molar-refractivity contribution >= 4 is 5.91 Å². The number of hydrogen-bond donors (Lipinski definition) is 1. The molecule has 0 saturated carbocycles. The minimum absolute atomic E-state index is 0.0576. The number of pyridine rings is 1. The highest BCUT2D eigenvalue weighted by Gasteiger charge is 2.11. The normalized spacial score (nSPS) is 10.8. The van der Waals surface area contributed by atoms with Crippen LogP contribution in [0, 0.1) is 0 Å². The number of carbonyl (C=O) groups excluding carboxylic acids is 1. The molecule has 38 heavy (non-hydrogen) atoms. The van der Waals surface area contributed by atoms with Crippen LogP contribution in [0.5, 0.6) is 17.2 Å². The van der Waals surface area contributed by atoms with E-state index in [0.29, 0.717) is 24.7 Å². The third-order valence-corrected chi connectivity index (χ3v) is 6.84. The van der Waals surface area contributed by atoms with Crippen LogP contribution in [0.4, 0.5) is 0 Å². The van der Waals surface area contributed by atoms with Gasteiger partial charge < -0.3 is 19.5 Å². The summed E-state index contributed by atoms with van der Waals surface area (Å²) in [6.45, 7) is 6.49. The van der Waals surface area contributed by atoms with Gasteiger partial charge in [0.05, 0.1) is 13.7 Å². The average Bonchev–Trinajstić information content (AvgIpc) is 2.94. The smallest absolute Gasteiger partial charge is 0.257 e. The lowest BCUT2D eigenvalue weighted by molar-refractivity contribution is -0.700. The highest BCUT2D eigenvalue weighted by Crippen LogP contribution is 2.31. The molecule has 0 bridgehead atoms. The van der Waals surface area contributed by atoms with E-state index in [0.717, 1.165) is 25.1 Å². The largest absolute Gasteiger partial charge is 0.493 e. The summed E-state index contributed by atoms with van der Waals surface area (Å²) >= 11 is 0. The second kappa shape index (κ2) is 20.2. The number of carbonyl (C=O) groups is 1. The van der Waals surface area contributed by atoms with Gasteiger partial charge in [-0.1, -0.05) is 83.6 Å². The zero-order valence-corrected chi connectivity index (χ0v) is 24.1. The lowest BCUT2D eigenvalue weighted by Crippen LogP contribution is -2.39. The molecule has 0 unspecified atom stereocenters. The predicted molar refractivity (Wildman–Crippen MR) is 154 cm³/mol. The molecule has 1 N–H and O–H groups in total. The molecule has 1 amide bonds. The Labute approximate surface area is 231 Å². The molecule has 0 atom stereocenters. The molecule has 2 rings (SSSR count). The van der Waals surface area contributed by atoms with Crippen LogP contribution in [0.25, 0.3) is 0 Å². The maximum atomic E-state index is 12.3. The highest BCUT2D eigenvalue weighted by molar-refractivity contribution is 5.77. The van der Waals surface area contributed by atoms with Crippen LogP contribution in [0.1, 0.15) is 96.6 Å². The molecule has 1 heterocycles. The lowest BCUT2D eigenvalue weighted by Gasteiger charge is -2.13. The number of nitrogens with zero attached hydrogens (tertiary/aromatic N) is 1. The molecular weight excluding hydrogens is 476 g/mol. The van der Waals surface area contributed by atoms with Gasteiger partial charge in [-0.2, -0.15) is 0 Å². The van der Waals surface area contributed by atoms with E-state index in [-0.39, 0.29) is 12.5 Å². The summed E-state index contributed by atoms with van der Waals surface area (Å²) in [5.41, 5.74) is 1.19. The van der Waals surface area contributed by atoms with Gasteiger partial charge in [-0.25, -0.2) is 4.57 Å². The fraction of sp³-hybridized carbons (Fsp3) is 0.625. The molecule has 1 aromatic heterocycles. The quantitative estimate of drug-likeness (QED) is 0.135. The summed E-state index contributed by atoms with van der Waals surface area (Å²) in [7, 11) is 1.60. The SMILES string of the molecule is CCCCCCCCCCCCCCOc1ccc(OCC(=O)NCCc2cccc[n+]2CC)c(OC)c1. The van der Waals surface area contributed by atoms with E-state index in [1.807, 2.05) is 24.3 Å². The fourth-order valence-electron chi connectivity index (χ4n) is 4.56. The third kappa shape index (κ3) is 13.2. The third-order valence-electron chi connectivity index (χ3n) is 6.84. The molecule has 6 nitrogen and oxygen atoms in total. The van der Waals surface area contributed by atoms with Crippen molar-refractivity contribution in [3.63, 3.8) is 0 Å². The first kappa shape index (κ1) is 31.5. The summed E-state index contributed by atoms with van der Waals surface area (Å²) in [4.78, 5) is 12.3. The van der Waals surface area contributed by atoms with Gasteiger partial charge in [0.1, 0.15) is 12.3 Å². The van der Waals surface area contributed by atoms with E-state index in [1.165, 1.54) is 76.3 Å². The zero-order valence-electron chi connectivity index (χ0n) is 24.1. The Hall–Kier alpha value is -2.76. The van der Waals surface area contributed by atoms with Crippen molar-refractivity contribution in [2.45, 2.75) is 104 Å². The van der Waals surface area contributed by atoms with Crippen molar-refractivity contribution in [2.24, 2.45) is 0 Å². The molecule has 0 aliphatic heterocycles. The molecule has 0 aliphatic carbocycles. The molecule has 0 fully saturated rings. The first-order valence-electron chi connectivity index (χ1n) is 14.9. The molecule has 6 heteroatoms. The van der Waals surface area contributed by atoms with Crippen LogP contribution in [0.3, 0.4) is 0 Å². The summed E-state index contributed by atoms with van der Waals surface area (Å²) in [5, 5.41) is 2.93. The second-order valence-electron chi connectivity index (χ2n) is 9.92. The van der Waals surface area contributed by atoms with E-state index in [1.54, 1.807) is 13.2 Å². The van der Waals surface area contributed by atoms with Gasteiger partial charge in [-0.3, -0.25) is 4.79 Å². The molecule has 212 valence electrons. The maximum absolute atomic E-state index is 12.3. The van der Waals surface area contributed by atoms with Crippen molar-refractivity contribution in [2.75, 3.05) is 26.9 Å². The van der Waals surface area contributed by atoms with Crippen LogP contribution in [0.15, 0.2) is 42.6 Å². The van der Waals surface area contributed by atoms with Gasteiger partial charge in [0.25, 0.3) is 5.91 Å². The first-order chi connectivity index (χ1) is 18.7. The number of unbranched alkanes of at least 4 members (excludes halogenated alkanes) is 11. The highest BCUT2D eigenvalue weighted by atomic mass is 16.5. The number of aryl methyl sites for hydroxylation is 1. The average molecular weight is 528 g/mol. The fourth-order valence-corrected chi connectivity index (χ4v) is 4.56. The number of hydrogen-bond acceptors (Lipinski definition) is 4. The van der Waals surface area contributed by atoms with Gasteiger partial charge in [-0.15, -0.1) is 0 Å². The maximum Gasteiger partial charge on any atom is 0.257 e. The minimum atomic E-state index is -0.154. The summed E-state index contributed by atoms with van der Waals surface area (Å²) in [6, 6.07) is 11.6. The monoisotopic (exact) mass is 527 g/mol. The lowest BCUT2D eigenvalue weighted by atomic mass is 10.1. The van der Waals surface area contributed by atoms with Crippen molar-refractivity contribution in [1.82, 2.24) is 5.32 Å². The number of rotatable bonds is 22. The molecule has 1 aromatic carbocycles. The second-order valence-corrected chi connectivity index (χ2v) is 9.92. The Kier molecular flexibility index (Phi) is 16.8. The Morgan fingerprint density at radius 1 is 0.816 bits per heavy atom. The summed E-state index contributed by atoms with van der Waals surface area (Å²) < 4.78 is 19.3.